The molecule has 2 heteroatoms. The number of rotatable bonds is 3. The third kappa shape index (κ3) is 2.29. The molecule has 2 nitrogen and oxygen atoms in total. The normalized spacial score (nSPS) is 14.6. The molecular formula is C12H26O2. The molecule has 1 N–H and O–H groups in total. The molecule has 0 aliphatic carbocycles. The minimum atomic E-state index is -0.00521. The van der Waals surface area contributed by atoms with Gasteiger partial charge in [0.05, 0.1) is 6.61 Å². The highest BCUT2D eigenvalue weighted by molar-refractivity contribution is 4.97. The molecule has 0 aromatic heterocycles. The van der Waals surface area contributed by atoms with E-state index in [0.29, 0.717) is 6.61 Å². The summed E-state index contributed by atoms with van der Waals surface area (Å²) in [5.74, 6) is 0. The number of hydrogen-bond donors (Lipinski definition) is 1. The zero-order chi connectivity index (χ0) is 11.6. The smallest absolute Gasteiger partial charge is 0.0885 e. The van der Waals surface area contributed by atoms with E-state index in [2.05, 4.69) is 53.4 Å². The minimum absolute atomic E-state index is 0.00521. The van der Waals surface area contributed by atoms with E-state index in [1.54, 1.807) is 0 Å². The molecule has 0 saturated heterocycles. The molecule has 0 spiro atoms. The molecule has 0 radical (unpaired) electrons. The molecule has 0 bridgehead atoms. The van der Waals surface area contributed by atoms with Gasteiger partial charge in [0, 0.05) is 5.41 Å². The van der Waals surface area contributed by atoms with Crippen molar-refractivity contribution in [3.05, 3.63) is 0 Å². The zero-order valence-electron chi connectivity index (χ0n) is 10.8. The second-order valence-electron chi connectivity index (χ2n) is 6.21. The van der Waals surface area contributed by atoms with Crippen molar-refractivity contribution in [1.82, 2.24) is 0 Å². The van der Waals surface area contributed by atoms with Gasteiger partial charge >= 0.3 is 0 Å². The Morgan fingerprint density at radius 1 is 0.929 bits per heavy atom. The van der Waals surface area contributed by atoms with E-state index < -0.39 is 0 Å². The Labute approximate surface area is 88.6 Å². The summed E-state index contributed by atoms with van der Waals surface area (Å²) in [6, 6.07) is 0. The van der Waals surface area contributed by atoms with Gasteiger partial charge in [-0.25, -0.2) is 4.89 Å². The van der Waals surface area contributed by atoms with Gasteiger partial charge in [0.25, 0.3) is 0 Å². The maximum absolute atomic E-state index is 8.76. The van der Waals surface area contributed by atoms with Crippen LogP contribution in [0.5, 0.6) is 0 Å². The summed E-state index contributed by atoms with van der Waals surface area (Å²) in [4.78, 5) is 4.45. The Kier molecular flexibility index (Phi) is 4.17. The van der Waals surface area contributed by atoms with Crippen LogP contribution in [0, 0.1) is 16.2 Å². The van der Waals surface area contributed by atoms with Crippen LogP contribution in [0.1, 0.15) is 54.9 Å². The topological polar surface area (TPSA) is 29.5 Å². The third-order valence-corrected chi connectivity index (χ3v) is 3.79. The molecule has 0 fully saturated rings. The Morgan fingerprint density at radius 2 is 1.29 bits per heavy atom. The van der Waals surface area contributed by atoms with Gasteiger partial charge in [-0.3, -0.25) is 5.26 Å². The maximum Gasteiger partial charge on any atom is 0.0885 e. The van der Waals surface area contributed by atoms with E-state index in [1.807, 2.05) is 0 Å². The standard InChI is InChI=1S/C12H26O2/c1-8-12(9-14-13,10(2,3)4)11(5,6)7/h13H,8-9H2,1-7H3. The van der Waals surface area contributed by atoms with Crippen LogP contribution in [0.15, 0.2) is 0 Å². The second-order valence-corrected chi connectivity index (χ2v) is 6.21. The Morgan fingerprint density at radius 3 is 1.36 bits per heavy atom. The molecule has 0 aromatic rings. The minimum Gasteiger partial charge on any atom is -0.252 e. The predicted molar refractivity (Wildman–Crippen MR) is 60.2 cm³/mol. The molecule has 0 aliphatic heterocycles. The van der Waals surface area contributed by atoms with Gasteiger partial charge in [-0.05, 0) is 17.3 Å². The summed E-state index contributed by atoms with van der Waals surface area (Å²) in [6.45, 7) is 15.8. The van der Waals surface area contributed by atoms with Gasteiger partial charge < -0.3 is 0 Å². The lowest BCUT2D eigenvalue weighted by Crippen LogP contribution is -2.49. The molecule has 0 amide bonds. The maximum atomic E-state index is 8.76. The second kappa shape index (κ2) is 4.19. The molecule has 0 aliphatic rings. The van der Waals surface area contributed by atoms with Crippen LogP contribution in [0.25, 0.3) is 0 Å². The molecule has 0 aromatic carbocycles. The van der Waals surface area contributed by atoms with E-state index in [9.17, 15) is 0 Å². The Balaban J connectivity index is 5.21. The molecular weight excluding hydrogens is 176 g/mol. The molecule has 0 atom stereocenters. The first-order valence-electron chi connectivity index (χ1n) is 5.39. The third-order valence-electron chi connectivity index (χ3n) is 3.79. The van der Waals surface area contributed by atoms with Gasteiger partial charge in [0.1, 0.15) is 0 Å². The van der Waals surface area contributed by atoms with Gasteiger partial charge in [-0.2, -0.15) is 0 Å². The van der Waals surface area contributed by atoms with E-state index in [-0.39, 0.29) is 16.2 Å². The summed E-state index contributed by atoms with van der Waals surface area (Å²) in [6.07, 6.45) is 1.00. The van der Waals surface area contributed by atoms with Crippen LogP contribution >= 0.6 is 0 Å². The van der Waals surface area contributed by atoms with E-state index in [1.165, 1.54) is 0 Å². The lowest BCUT2D eigenvalue weighted by atomic mass is 9.53. The van der Waals surface area contributed by atoms with Gasteiger partial charge in [-0.15, -0.1) is 0 Å². The largest absolute Gasteiger partial charge is 0.252 e. The molecule has 86 valence electrons. The van der Waals surface area contributed by atoms with E-state index in [0.717, 1.165) is 6.42 Å². The summed E-state index contributed by atoms with van der Waals surface area (Å²) in [5, 5.41) is 8.76. The van der Waals surface area contributed by atoms with Crippen LogP contribution in [0.2, 0.25) is 0 Å². The Bertz CT molecular complexity index is 158. The fraction of sp³-hybridized carbons (Fsp3) is 1.00. The van der Waals surface area contributed by atoms with Crippen molar-refractivity contribution in [2.75, 3.05) is 6.61 Å². The van der Waals surface area contributed by atoms with Crippen LogP contribution in [-0.2, 0) is 4.89 Å². The van der Waals surface area contributed by atoms with Crippen LogP contribution in [0.3, 0.4) is 0 Å². The average molecular weight is 202 g/mol. The highest BCUT2D eigenvalue weighted by atomic mass is 17.1. The van der Waals surface area contributed by atoms with Gasteiger partial charge in [-0.1, -0.05) is 48.5 Å². The van der Waals surface area contributed by atoms with Gasteiger partial charge in [0.2, 0.25) is 0 Å². The van der Waals surface area contributed by atoms with Crippen LogP contribution < -0.4 is 0 Å². The van der Waals surface area contributed by atoms with Crippen LogP contribution in [-0.4, -0.2) is 11.9 Å². The average Bonchev–Trinajstić information content (AvgIpc) is 1.94. The molecule has 0 unspecified atom stereocenters. The molecule has 0 rings (SSSR count). The summed E-state index contributed by atoms with van der Waals surface area (Å²) >= 11 is 0. The van der Waals surface area contributed by atoms with Crippen molar-refractivity contribution < 1.29 is 10.1 Å². The first-order chi connectivity index (χ1) is 6.12. The lowest BCUT2D eigenvalue weighted by Gasteiger charge is -2.52. The fourth-order valence-corrected chi connectivity index (χ4v) is 2.83. The quantitative estimate of drug-likeness (QED) is 0.554. The monoisotopic (exact) mass is 202 g/mol. The zero-order valence-corrected chi connectivity index (χ0v) is 10.8. The van der Waals surface area contributed by atoms with Crippen LogP contribution in [0.4, 0.5) is 0 Å². The summed E-state index contributed by atoms with van der Waals surface area (Å²) in [5.41, 5.74) is 0.222. The Hall–Kier alpha value is -0.0800. The van der Waals surface area contributed by atoms with Crippen molar-refractivity contribution in [3.8, 4) is 0 Å². The fourth-order valence-electron chi connectivity index (χ4n) is 2.83. The molecule has 14 heavy (non-hydrogen) atoms. The highest BCUT2D eigenvalue weighted by Gasteiger charge is 2.49. The van der Waals surface area contributed by atoms with Crippen molar-refractivity contribution >= 4 is 0 Å². The number of hydrogen-bond acceptors (Lipinski definition) is 2. The van der Waals surface area contributed by atoms with E-state index >= 15 is 0 Å². The first-order valence-corrected chi connectivity index (χ1v) is 5.39. The molecule has 0 saturated carbocycles. The van der Waals surface area contributed by atoms with Crippen molar-refractivity contribution in [2.45, 2.75) is 54.9 Å². The van der Waals surface area contributed by atoms with E-state index in [4.69, 9.17) is 5.26 Å². The first kappa shape index (κ1) is 13.9. The van der Waals surface area contributed by atoms with Crippen molar-refractivity contribution in [1.29, 1.82) is 0 Å². The van der Waals surface area contributed by atoms with Gasteiger partial charge in [0.15, 0.2) is 0 Å². The SMILES string of the molecule is CCC(COO)(C(C)(C)C)C(C)(C)C. The van der Waals surface area contributed by atoms with Crippen molar-refractivity contribution in [2.24, 2.45) is 16.2 Å². The highest BCUT2D eigenvalue weighted by Crippen LogP contribution is 2.53. The van der Waals surface area contributed by atoms with Crippen molar-refractivity contribution in [3.63, 3.8) is 0 Å². The lowest BCUT2D eigenvalue weighted by molar-refractivity contribution is -0.286. The summed E-state index contributed by atoms with van der Waals surface area (Å²) < 4.78 is 0. The molecule has 0 heterocycles. The predicted octanol–water partition coefficient (Wildman–Crippen LogP) is 3.96. The summed E-state index contributed by atoms with van der Waals surface area (Å²) in [7, 11) is 0.